The van der Waals surface area contributed by atoms with Crippen molar-refractivity contribution in [1.29, 1.82) is 0 Å². The molecular formula is C19H23N5OS. The van der Waals surface area contributed by atoms with E-state index in [2.05, 4.69) is 55.0 Å². The summed E-state index contributed by atoms with van der Waals surface area (Å²) >= 11 is 1.37. The molecule has 0 aliphatic rings. The third-order valence-corrected chi connectivity index (χ3v) is 4.61. The topological polar surface area (TPSA) is 72.7 Å². The Kier molecular flexibility index (Phi) is 4.91. The van der Waals surface area contributed by atoms with Gasteiger partial charge in [-0.3, -0.25) is 19.8 Å². The summed E-state index contributed by atoms with van der Waals surface area (Å²) in [7, 11) is 0. The SMILES string of the molecule is CC(C)c1cc(C(=O)Nc2nc(-c3ccccn3)cs2)nn1C(C)(C)C. The smallest absolute Gasteiger partial charge is 0.277 e. The number of rotatable bonds is 4. The Hall–Kier alpha value is -2.54. The van der Waals surface area contributed by atoms with Crippen LogP contribution in [-0.4, -0.2) is 25.7 Å². The molecule has 6 nitrogen and oxygen atoms in total. The van der Waals surface area contributed by atoms with Crippen LogP contribution in [-0.2, 0) is 5.54 Å². The van der Waals surface area contributed by atoms with Gasteiger partial charge in [0.25, 0.3) is 5.91 Å². The molecular weight excluding hydrogens is 346 g/mol. The van der Waals surface area contributed by atoms with Gasteiger partial charge < -0.3 is 0 Å². The van der Waals surface area contributed by atoms with Crippen molar-refractivity contribution in [2.24, 2.45) is 0 Å². The van der Waals surface area contributed by atoms with Gasteiger partial charge in [0.1, 0.15) is 5.69 Å². The minimum atomic E-state index is -0.253. The van der Waals surface area contributed by atoms with Gasteiger partial charge in [0, 0.05) is 17.3 Å². The fourth-order valence-electron chi connectivity index (χ4n) is 2.58. The molecule has 136 valence electrons. The monoisotopic (exact) mass is 369 g/mol. The lowest BCUT2D eigenvalue weighted by molar-refractivity contribution is 0.102. The van der Waals surface area contributed by atoms with Crippen LogP contribution in [0.1, 0.15) is 56.7 Å². The molecule has 0 fully saturated rings. The first kappa shape index (κ1) is 18.3. The maximum atomic E-state index is 12.6. The van der Waals surface area contributed by atoms with Crippen LogP contribution < -0.4 is 5.32 Å². The molecule has 0 aliphatic carbocycles. The number of nitrogens with zero attached hydrogens (tertiary/aromatic N) is 4. The molecule has 1 N–H and O–H groups in total. The summed E-state index contributed by atoms with van der Waals surface area (Å²) in [5, 5.41) is 9.79. The highest BCUT2D eigenvalue weighted by molar-refractivity contribution is 7.14. The molecule has 7 heteroatoms. The number of thiazole rings is 1. The lowest BCUT2D eigenvalue weighted by Gasteiger charge is -2.23. The fraction of sp³-hybridized carbons (Fsp3) is 0.368. The molecule has 0 saturated heterocycles. The third-order valence-electron chi connectivity index (χ3n) is 3.85. The van der Waals surface area contributed by atoms with Crippen LogP contribution in [0.2, 0.25) is 0 Å². The Morgan fingerprint density at radius 3 is 2.58 bits per heavy atom. The van der Waals surface area contributed by atoms with Crippen LogP contribution in [0, 0.1) is 0 Å². The van der Waals surface area contributed by atoms with Gasteiger partial charge in [0.15, 0.2) is 10.8 Å². The van der Waals surface area contributed by atoms with Crippen molar-refractivity contribution >= 4 is 22.4 Å². The molecule has 1 amide bonds. The van der Waals surface area contributed by atoms with Gasteiger partial charge in [-0.15, -0.1) is 11.3 Å². The zero-order valence-electron chi connectivity index (χ0n) is 15.6. The summed E-state index contributed by atoms with van der Waals surface area (Å²) in [5.74, 6) is 0.0238. The van der Waals surface area contributed by atoms with Crippen LogP contribution in [0.5, 0.6) is 0 Å². The number of hydrogen-bond acceptors (Lipinski definition) is 5. The summed E-state index contributed by atoms with van der Waals surface area (Å²) in [6.07, 6.45) is 1.72. The number of nitrogens with one attached hydrogen (secondary N) is 1. The molecule has 0 atom stereocenters. The fourth-order valence-corrected chi connectivity index (χ4v) is 3.28. The summed E-state index contributed by atoms with van der Waals surface area (Å²) in [6, 6.07) is 7.52. The number of anilines is 1. The molecule has 3 heterocycles. The second-order valence-corrected chi connectivity index (χ2v) is 8.26. The normalized spacial score (nSPS) is 11.8. The van der Waals surface area contributed by atoms with E-state index < -0.39 is 0 Å². The van der Waals surface area contributed by atoms with Crippen molar-refractivity contribution < 1.29 is 4.79 Å². The first-order valence-electron chi connectivity index (χ1n) is 8.54. The van der Waals surface area contributed by atoms with E-state index in [0.29, 0.717) is 10.8 Å². The van der Waals surface area contributed by atoms with Crippen LogP contribution in [0.25, 0.3) is 11.4 Å². The van der Waals surface area contributed by atoms with Crippen molar-refractivity contribution in [3.63, 3.8) is 0 Å². The minimum absolute atomic E-state index is 0.189. The predicted molar refractivity (Wildman–Crippen MR) is 105 cm³/mol. The maximum Gasteiger partial charge on any atom is 0.277 e. The molecule has 0 spiro atoms. The van der Waals surface area contributed by atoms with Crippen molar-refractivity contribution in [3.05, 3.63) is 47.2 Å². The average molecular weight is 369 g/mol. The second-order valence-electron chi connectivity index (χ2n) is 7.40. The average Bonchev–Trinajstić information content (AvgIpc) is 3.22. The molecule has 0 bridgehead atoms. The van der Waals surface area contributed by atoms with Gasteiger partial charge >= 0.3 is 0 Å². The lowest BCUT2D eigenvalue weighted by atomic mass is 10.1. The van der Waals surface area contributed by atoms with Gasteiger partial charge in [-0.2, -0.15) is 5.10 Å². The highest BCUT2D eigenvalue weighted by atomic mass is 32.1. The number of hydrogen-bond donors (Lipinski definition) is 1. The van der Waals surface area contributed by atoms with Gasteiger partial charge in [-0.25, -0.2) is 4.98 Å². The first-order chi connectivity index (χ1) is 12.3. The number of amides is 1. The van der Waals surface area contributed by atoms with E-state index in [1.165, 1.54) is 11.3 Å². The minimum Gasteiger partial charge on any atom is -0.296 e. The van der Waals surface area contributed by atoms with E-state index in [9.17, 15) is 4.79 Å². The van der Waals surface area contributed by atoms with E-state index in [4.69, 9.17) is 0 Å². The largest absolute Gasteiger partial charge is 0.296 e. The molecule has 3 aromatic rings. The zero-order chi connectivity index (χ0) is 18.9. The second kappa shape index (κ2) is 6.99. The molecule has 0 aliphatic heterocycles. The highest BCUT2D eigenvalue weighted by Gasteiger charge is 2.24. The van der Waals surface area contributed by atoms with E-state index in [1.54, 1.807) is 6.20 Å². The van der Waals surface area contributed by atoms with Crippen LogP contribution >= 0.6 is 11.3 Å². The standard InChI is InChI=1S/C19H23N5OS/c1-12(2)16-10-14(23-24(16)19(3,4)5)17(25)22-18-21-15(11-26-18)13-8-6-7-9-20-13/h6-12H,1-5H3,(H,21,22,25). The van der Waals surface area contributed by atoms with Crippen molar-refractivity contribution in [2.45, 2.75) is 46.1 Å². The lowest BCUT2D eigenvalue weighted by Crippen LogP contribution is -2.26. The molecule has 0 radical (unpaired) electrons. The molecule has 3 aromatic heterocycles. The Morgan fingerprint density at radius 2 is 2.00 bits per heavy atom. The quantitative estimate of drug-likeness (QED) is 0.733. The van der Waals surface area contributed by atoms with Gasteiger partial charge in [-0.1, -0.05) is 19.9 Å². The number of carbonyl (C=O) groups is 1. The summed E-state index contributed by atoms with van der Waals surface area (Å²) in [6.45, 7) is 10.4. The Bertz CT molecular complexity index is 906. The zero-order valence-corrected chi connectivity index (χ0v) is 16.5. The Balaban J connectivity index is 1.82. The Morgan fingerprint density at radius 1 is 1.23 bits per heavy atom. The van der Waals surface area contributed by atoms with E-state index in [-0.39, 0.29) is 17.4 Å². The van der Waals surface area contributed by atoms with E-state index in [1.807, 2.05) is 34.3 Å². The van der Waals surface area contributed by atoms with Crippen LogP contribution in [0.4, 0.5) is 5.13 Å². The molecule has 0 aromatic carbocycles. The summed E-state index contributed by atoms with van der Waals surface area (Å²) in [5.41, 5.74) is 2.78. The summed E-state index contributed by atoms with van der Waals surface area (Å²) in [4.78, 5) is 21.4. The predicted octanol–water partition coefficient (Wildman–Crippen LogP) is 4.53. The van der Waals surface area contributed by atoms with E-state index in [0.717, 1.165) is 17.1 Å². The van der Waals surface area contributed by atoms with E-state index >= 15 is 0 Å². The highest BCUT2D eigenvalue weighted by Crippen LogP contribution is 2.26. The van der Waals surface area contributed by atoms with Crippen molar-refractivity contribution in [2.75, 3.05) is 5.32 Å². The molecule has 0 saturated carbocycles. The van der Waals surface area contributed by atoms with Crippen LogP contribution in [0.3, 0.4) is 0 Å². The summed E-state index contributed by atoms with van der Waals surface area (Å²) < 4.78 is 1.92. The molecule has 3 rings (SSSR count). The molecule has 26 heavy (non-hydrogen) atoms. The third kappa shape index (κ3) is 3.83. The Labute approximate surface area is 157 Å². The number of pyridine rings is 1. The van der Waals surface area contributed by atoms with Gasteiger partial charge in [-0.05, 0) is 44.9 Å². The number of carbonyl (C=O) groups excluding carboxylic acids is 1. The van der Waals surface area contributed by atoms with Crippen molar-refractivity contribution in [3.8, 4) is 11.4 Å². The first-order valence-corrected chi connectivity index (χ1v) is 9.42. The van der Waals surface area contributed by atoms with Crippen LogP contribution in [0.15, 0.2) is 35.8 Å². The van der Waals surface area contributed by atoms with Gasteiger partial charge in [0.05, 0.1) is 11.2 Å². The van der Waals surface area contributed by atoms with Crippen molar-refractivity contribution in [1.82, 2.24) is 19.7 Å². The maximum absolute atomic E-state index is 12.6. The van der Waals surface area contributed by atoms with Gasteiger partial charge in [0.2, 0.25) is 0 Å². The number of aromatic nitrogens is 4. The molecule has 0 unspecified atom stereocenters.